The molecule has 7 heteroatoms. The molecule has 1 aliphatic rings. The van der Waals surface area contributed by atoms with E-state index in [1.807, 2.05) is 4.90 Å². The summed E-state index contributed by atoms with van der Waals surface area (Å²) in [5.74, 6) is -0.496. The monoisotopic (exact) mass is 287 g/mol. The van der Waals surface area contributed by atoms with Gasteiger partial charge >= 0.3 is 0 Å². The van der Waals surface area contributed by atoms with Crippen molar-refractivity contribution in [2.24, 2.45) is 0 Å². The summed E-state index contributed by atoms with van der Waals surface area (Å²) < 4.78 is 39.0. The number of nitrogens with zero attached hydrogens (tertiary/aromatic N) is 2. The van der Waals surface area contributed by atoms with Crippen LogP contribution in [0.1, 0.15) is 0 Å². The van der Waals surface area contributed by atoms with Crippen molar-refractivity contribution < 1.29 is 12.8 Å². The molecule has 0 aromatic heterocycles. The van der Waals surface area contributed by atoms with Gasteiger partial charge in [-0.15, -0.1) is 0 Å². The van der Waals surface area contributed by atoms with Gasteiger partial charge in [-0.1, -0.05) is 0 Å². The van der Waals surface area contributed by atoms with Crippen LogP contribution in [0.15, 0.2) is 23.1 Å². The van der Waals surface area contributed by atoms with E-state index in [0.29, 0.717) is 5.69 Å². The minimum absolute atomic E-state index is 0.0196. The van der Waals surface area contributed by atoms with E-state index < -0.39 is 15.8 Å². The maximum absolute atomic E-state index is 14.1. The van der Waals surface area contributed by atoms with Crippen LogP contribution >= 0.6 is 0 Å². The highest BCUT2D eigenvalue weighted by atomic mass is 32.2. The van der Waals surface area contributed by atoms with Crippen LogP contribution in [0.4, 0.5) is 10.1 Å². The lowest BCUT2D eigenvalue weighted by atomic mass is 10.2. The minimum atomic E-state index is -3.58. The van der Waals surface area contributed by atoms with Gasteiger partial charge in [0.1, 0.15) is 5.82 Å². The molecule has 0 radical (unpaired) electrons. The smallest absolute Gasteiger partial charge is 0.242 e. The van der Waals surface area contributed by atoms with Crippen molar-refractivity contribution in [2.45, 2.75) is 4.90 Å². The van der Waals surface area contributed by atoms with Crippen LogP contribution in [0, 0.1) is 5.82 Å². The maximum Gasteiger partial charge on any atom is 0.242 e. The molecule has 0 amide bonds. The number of hydrogen-bond donors (Lipinski definition) is 1. The minimum Gasteiger partial charge on any atom is -0.367 e. The Morgan fingerprint density at radius 1 is 1.26 bits per heavy atom. The fourth-order valence-electron chi connectivity index (χ4n) is 2.02. The van der Waals surface area contributed by atoms with Gasteiger partial charge in [-0.3, -0.25) is 0 Å². The van der Waals surface area contributed by atoms with Crippen molar-refractivity contribution in [1.29, 1.82) is 0 Å². The second kappa shape index (κ2) is 5.44. The van der Waals surface area contributed by atoms with E-state index in [9.17, 15) is 12.8 Å². The Bertz CT molecular complexity index is 554. The van der Waals surface area contributed by atoms with Gasteiger partial charge in [-0.05, 0) is 18.2 Å². The zero-order chi connectivity index (χ0) is 14.0. The standard InChI is InChI=1S/C12H18FN3O2S/c1-15(2)19(17,18)10-3-4-12(11(13)9-10)16-7-5-14-6-8-16/h3-4,9,14H,5-8H2,1-2H3. The molecule has 1 N–H and O–H groups in total. The third-order valence-electron chi connectivity index (χ3n) is 3.16. The molecule has 19 heavy (non-hydrogen) atoms. The molecule has 1 fully saturated rings. The Hall–Kier alpha value is -1.18. The fraction of sp³-hybridized carbons (Fsp3) is 0.500. The summed E-state index contributed by atoms with van der Waals surface area (Å²) in [7, 11) is -0.728. The summed E-state index contributed by atoms with van der Waals surface area (Å²) in [6.45, 7) is 3.04. The highest BCUT2D eigenvalue weighted by Crippen LogP contribution is 2.24. The van der Waals surface area contributed by atoms with Crippen LogP contribution in [-0.2, 0) is 10.0 Å². The van der Waals surface area contributed by atoms with Crippen LogP contribution in [-0.4, -0.2) is 53.0 Å². The van der Waals surface area contributed by atoms with Crippen molar-refractivity contribution in [2.75, 3.05) is 45.2 Å². The van der Waals surface area contributed by atoms with Crippen molar-refractivity contribution in [3.05, 3.63) is 24.0 Å². The van der Waals surface area contributed by atoms with Gasteiger partial charge < -0.3 is 10.2 Å². The number of anilines is 1. The van der Waals surface area contributed by atoms with E-state index in [4.69, 9.17) is 0 Å². The molecule has 0 spiro atoms. The number of hydrogen-bond acceptors (Lipinski definition) is 4. The summed E-state index contributed by atoms with van der Waals surface area (Å²) in [5.41, 5.74) is 0.458. The van der Waals surface area contributed by atoms with E-state index in [1.54, 1.807) is 0 Å². The molecule has 0 aliphatic carbocycles. The van der Waals surface area contributed by atoms with Gasteiger partial charge in [0.2, 0.25) is 10.0 Å². The lowest BCUT2D eigenvalue weighted by Gasteiger charge is -2.29. The Kier molecular flexibility index (Phi) is 4.07. The van der Waals surface area contributed by atoms with E-state index in [2.05, 4.69) is 5.32 Å². The fourth-order valence-corrected chi connectivity index (χ4v) is 2.94. The summed E-state index contributed by atoms with van der Waals surface area (Å²) >= 11 is 0. The Labute approximate surface area is 113 Å². The van der Waals surface area contributed by atoms with Crippen molar-refractivity contribution in [3.8, 4) is 0 Å². The van der Waals surface area contributed by atoms with E-state index in [-0.39, 0.29) is 4.90 Å². The first-order valence-electron chi connectivity index (χ1n) is 6.10. The third-order valence-corrected chi connectivity index (χ3v) is 4.97. The van der Waals surface area contributed by atoms with Crippen LogP contribution in [0.5, 0.6) is 0 Å². The van der Waals surface area contributed by atoms with Gasteiger partial charge in [0, 0.05) is 40.3 Å². The van der Waals surface area contributed by atoms with Gasteiger partial charge in [-0.2, -0.15) is 0 Å². The maximum atomic E-state index is 14.1. The van der Waals surface area contributed by atoms with E-state index in [0.717, 1.165) is 36.6 Å². The largest absolute Gasteiger partial charge is 0.367 e. The highest BCUT2D eigenvalue weighted by molar-refractivity contribution is 7.89. The van der Waals surface area contributed by atoms with Crippen LogP contribution in [0.2, 0.25) is 0 Å². The van der Waals surface area contributed by atoms with Gasteiger partial charge in [0.05, 0.1) is 10.6 Å². The zero-order valence-electron chi connectivity index (χ0n) is 11.1. The summed E-state index contributed by atoms with van der Waals surface area (Å²) in [5, 5.41) is 3.19. The molecule has 1 saturated heterocycles. The molecular weight excluding hydrogens is 269 g/mol. The number of rotatable bonds is 3. The Morgan fingerprint density at radius 3 is 2.42 bits per heavy atom. The van der Waals surface area contributed by atoms with Gasteiger partial charge in [-0.25, -0.2) is 17.1 Å². The lowest BCUT2D eigenvalue weighted by Crippen LogP contribution is -2.43. The number of halogens is 1. The second-order valence-electron chi connectivity index (χ2n) is 4.64. The number of piperazine rings is 1. The first kappa shape index (κ1) is 14.2. The van der Waals surface area contributed by atoms with Crippen LogP contribution in [0.3, 0.4) is 0 Å². The molecule has 0 atom stereocenters. The van der Waals surface area contributed by atoms with Gasteiger partial charge in [0.25, 0.3) is 0 Å². The number of nitrogens with one attached hydrogen (secondary N) is 1. The highest BCUT2D eigenvalue weighted by Gasteiger charge is 2.21. The molecule has 1 heterocycles. The predicted octanol–water partition coefficient (Wildman–Crippen LogP) is 0.486. The average Bonchev–Trinajstić information content (AvgIpc) is 2.39. The zero-order valence-corrected chi connectivity index (χ0v) is 11.9. The lowest BCUT2D eigenvalue weighted by molar-refractivity contribution is 0.518. The van der Waals surface area contributed by atoms with E-state index >= 15 is 0 Å². The first-order chi connectivity index (χ1) is 8.93. The normalized spacial score (nSPS) is 16.9. The molecule has 5 nitrogen and oxygen atoms in total. The topological polar surface area (TPSA) is 52.7 Å². The first-order valence-corrected chi connectivity index (χ1v) is 7.54. The molecule has 1 aliphatic heterocycles. The molecular formula is C12H18FN3O2S. The predicted molar refractivity (Wildman–Crippen MR) is 72.4 cm³/mol. The van der Waals surface area contributed by atoms with Crippen LogP contribution < -0.4 is 10.2 Å². The van der Waals surface area contributed by atoms with Gasteiger partial charge in [0.15, 0.2) is 0 Å². The van der Waals surface area contributed by atoms with E-state index in [1.165, 1.54) is 26.2 Å². The summed E-state index contributed by atoms with van der Waals surface area (Å²) in [4.78, 5) is 1.90. The summed E-state index contributed by atoms with van der Waals surface area (Å²) in [6, 6.07) is 4.08. The molecule has 106 valence electrons. The Balaban J connectivity index is 2.32. The van der Waals surface area contributed by atoms with Crippen molar-refractivity contribution >= 4 is 15.7 Å². The second-order valence-corrected chi connectivity index (χ2v) is 6.79. The molecule has 0 bridgehead atoms. The quantitative estimate of drug-likeness (QED) is 0.879. The third kappa shape index (κ3) is 2.88. The Morgan fingerprint density at radius 2 is 1.89 bits per heavy atom. The molecule has 1 aromatic carbocycles. The summed E-state index contributed by atoms with van der Waals surface area (Å²) in [6.07, 6.45) is 0. The molecule has 1 aromatic rings. The number of benzene rings is 1. The molecule has 0 saturated carbocycles. The van der Waals surface area contributed by atoms with Crippen molar-refractivity contribution in [1.82, 2.24) is 9.62 Å². The van der Waals surface area contributed by atoms with Crippen molar-refractivity contribution in [3.63, 3.8) is 0 Å². The van der Waals surface area contributed by atoms with Crippen LogP contribution in [0.25, 0.3) is 0 Å². The number of sulfonamides is 1. The average molecular weight is 287 g/mol. The molecule has 0 unspecified atom stereocenters. The SMILES string of the molecule is CN(C)S(=O)(=O)c1ccc(N2CCNCC2)c(F)c1. The molecule has 2 rings (SSSR count).